The Morgan fingerprint density at radius 1 is 1.25 bits per heavy atom. The first-order valence-electron chi connectivity index (χ1n) is 6.26. The molecule has 0 fully saturated rings. The van der Waals surface area contributed by atoms with Crippen LogP contribution in [0.4, 0.5) is 0 Å². The number of hydrogen-bond donors (Lipinski definition) is 0. The van der Waals surface area contributed by atoms with Crippen molar-refractivity contribution in [1.29, 1.82) is 0 Å². The summed E-state index contributed by atoms with van der Waals surface area (Å²) < 4.78 is 1.79. The molecular weight excluding hydrogens is 270 g/mol. The number of benzene rings is 1. The fraction of sp³-hybridized carbons (Fsp3) is 0.133. The van der Waals surface area contributed by atoms with Gasteiger partial charge in [0, 0.05) is 0 Å². The summed E-state index contributed by atoms with van der Waals surface area (Å²) in [5, 5.41) is 10.1. The second-order valence-electron chi connectivity index (χ2n) is 4.50. The van der Waals surface area contributed by atoms with E-state index in [4.69, 9.17) is 0 Å². The van der Waals surface area contributed by atoms with Crippen LogP contribution in [-0.2, 0) is 6.54 Å². The molecule has 0 saturated carbocycles. The van der Waals surface area contributed by atoms with E-state index in [0.717, 1.165) is 16.9 Å². The van der Waals surface area contributed by atoms with Crippen molar-refractivity contribution in [2.75, 3.05) is 0 Å². The molecule has 0 saturated heterocycles. The van der Waals surface area contributed by atoms with Gasteiger partial charge >= 0.3 is 0 Å². The molecule has 5 heteroatoms. The number of thiophene rings is 1. The van der Waals surface area contributed by atoms with E-state index >= 15 is 0 Å². The van der Waals surface area contributed by atoms with Crippen LogP contribution in [0, 0.1) is 6.92 Å². The topological polar surface area (TPSA) is 47.8 Å². The number of rotatable bonds is 4. The van der Waals surface area contributed by atoms with Gasteiger partial charge < -0.3 is 0 Å². The summed E-state index contributed by atoms with van der Waals surface area (Å²) in [4.78, 5) is 12.1. The van der Waals surface area contributed by atoms with E-state index in [1.807, 2.05) is 29.6 Å². The molecule has 0 aliphatic heterocycles. The molecule has 0 aliphatic carbocycles. The maximum Gasteiger partial charge on any atom is 0.172 e. The highest BCUT2D eigenvalue weighted by Gasteiger charge is 2.15. The molecule has 0 spiro atoms. The van der Waals surface area contributed by atoms with E-state index in [-0.39, 0.29) is 0 Å². The first kappa shape index (κ1) is 12.7. The molecule has 0 radical (unpaired) electrons. The number of nitrogens with zero attached hydrogens (tertiary/aromatic N) is 3. The zero-order chi connectivity index (χ0) is 13.9. The molecule has 20 heavy (non-hydrogen) atoms. The summed E-state index contributed by atoms with van der Waals surface area (Å²) in [6.07, 6.45) is 0.760. The van der Waals surface area contributed by atoms with Crippen LogP contribution in [0.5, 0.6) is 0 Å². The molecule has 0 unspecified atom stereocenters. The van der Waals surface area contributed by atoms with Crippen LogP contribution in [0.15, 0.2) is 41.8 Å². The summed E-state index contributed by atoms with van der Waals surface area (Å²) in [6.45, 7) is 2.68. The summed E-state index contributed by atoms with van der Waals surface area (Å²) in [5.74, 6) is 0. The molecule has 4 nitrogen and oxygen atoms in total. The van der Waals surface area contributed by atoms with E-state index in [1.165, 1.54) is 11.1 Å². The highest BCUT2D eigenvalue weighted by Crippen LogP contribution is 2.27. The van der Waals surface area contributed by atoms with Gasteiger partial charge in [0.05, 0.1) is 11.4 Å². The second-order valence-corrected chi connectivity index (χ2v) is 5.45. The molecule has 0 N–H and O–H groups in total. The van der Waals surface area contributed by atoms with Gasteiger partial charge in [-0.25, -0.2) is 4.68 Å². The van der Waals surface area contributed by atoms with Crippen LogP contribution in [-0.4, -0.2) is 21.3 Å². The molecule has 0 bridgehead atoms. The zero-order valence-corrected chi connectivity index (χ0v) is 11.8. The van der Waals surface area contributed by atoms with Gasteiger partial charge in [-0.05, 0) is 29.5 Å². The van der Waals surface area contributed by atoms with Gasteiger partial charge in [-0.1, -0.05) is 35.5 Å². The average Bonchev–Trinajstić information content (AvgIpc) is 3.09. The number of carbonyl (C=O) groups is 1. The van der Waals surface area contributed by atoms with Crippen molar-refractivity contribution < 1.29 is 4.79 Å². The molecule has 0 aliphatic rings. The third kappa shape index (κ3) is 2.28. The Labute approximate surface area is 120 Å². The molecule has 2 aromatic heterocycles. The Bertz CT molecular complexity index is 731. The van der Waals surface area contributed by atoms with Crippen molar-refractivity contribution in [3.63, 3.8) is 0 Å². The summed E-state index contributed by atoms with van der Waals surface area (Å²) in [6, 6.07) is 12.1. The third-order valence-corrected chi connectivity index (χ3v) is 4.09. The Hall–Kier alpha value is -2.27. The smallest absolute Gasteiger partial charge is 0.172 e. The first-order chi connectivity index (χ1) is 9.79. The normalized spacial score (nSPS) is 10.7. The van der Waals surface area contributed by atoms with Gasteiger partial charge in [0.2, 0.25) is 0 Å². The van der Waals surface area contributed by atoms with Crippen LogP contribution in [0.3, 0.4) is 0 Å². The Morgan fingerprint density at radius 3 is 2.80 bits per heavy atom. The number of carbonyl (C=O) groups excluding carboxylic acids is 1. The van der Waals surface area contributed by atoms with Crippen LogP contribution < -0.4 is 0 Å². The average molecular weight is 283 g/mol. The molecule has 100 valence electrons. The van der Waals surface area contributed by atoms with Crippen molar-refractivity contribution in [3.05, 3.63) is 58.6 Å². The van der Waals surface area contributed by atoms with E-state index < -0.39 is 0 Å². The predicted molar refractivity (Wildman–Crippen MR) is 79.0 cm³/mol. The SMILES string of the molecule is Cc1ccccc1Cn1nnc(C=O)c1-c1cccs1. The van der Waals surface area contributed by atoms with E-state index in [9.17, 15) is 4.79 Å². The van der Waals surface area contributed by atoms with E-state index in [2.05, 4.69) is 29.4 Å². The lowest BCUT2D eigenvalue weighted by atomic mass is 10.1. The highest BCUT2D eigenvalue weighted by atomic mass is 32.1. The van der Waals surface area contributed by atoms with Crippen molar-refractivity contribution in [2.24, 2.45) is 0 Å². The largest absolute Gasteiger partial charge is 0.296 e. The van der Waals surface area contributed by atoms with Crippen molar-refractivity contribution in [1.82, 2.24) is 15.0 Å². The van der Waals surface area contributed by atoms with Crippen molar-refractivity contribution in [3.8, 4) is 10.6 Å². The predicted octanol–water partition coefficient (Wildman–Crippen LogP) is 3.18. The van der Waals surface area contributed by atoms with Gasteiger partial charge in [0.25, 0.3) is 0 Å². The molecule has 0 amide bonds. The van der Waals surface area contributed by atoms with Crippen molar-refractivity contribution >= 4 is 17.6 Å². The fourth-order valence-electron chi connectivity index (χ4n) is 2.13. The quantitative estimate of drug-likeness (QED) is 0.691. The Morgan fingerprint density at radius 2 is 2.10 bits per heavy atom. The minimum atomic E-state index is 0.390. The lowest BCUT2D eigenvalue weighted by molar-refractivity contribution is 0.111. The summed E-state index contributed by atoms with van der Waals surface area (Å²) >= 11 is 1.58. The number of aromatic nitrogens is 3. The number of hydrogen-bond acceptors (Lipinski definition) is 4. The summed E-state index contributed by atoms with van der Waals surface area (Å²) in [7, 11) is 0. The Balaban J connectivity index is 2.05. The molecule has 1 aromatic carbocycles. The van der Waals surface area contributed by atoms with Crippen LogP contribution >= 0.6 is 11.3 Å². The van der Waals surface area contributed by atoms with Gasteiger partial charge in [-0.2, -0.15) is 0 Å². The first-order valence-corrected chi connectivity index (χ1v) is 7.14. The van der Waals surface area contributed by atoms with Crippen LogP contribution in [0.25, 0.3) is 10.6 Å². The van der Waals surface area contributed by atoms with Gasteiger partial charge in [-0.15, -0.1) is 16.4 Å². The van der Waals surface area contributed by atoms with Crippen LogP contribution in [0.2, 0.25) is 0 Å². The standard InChI is InChI=1S/C15H13N3OS/c1-11-5-2-3-6-12(11)9-18-15(13(10-19)16-17-18)14-7-4-8-20-14/h2-8,10H,9H2,1H3. The minimum Gasteiger partial charge on any atom is -0.296 e. The molecular formula is C15H13N3OS. The molecule has 3 rings (SSSR count). The lowest BCUT2D eigenvalue weighted by Crippen LogP contribution is -2.05. The van der Waals surface area contributed by atoms with Gasteiger partial charge in [0.1, 0.15) is 5.69 Å². The zero-order valence-electron chi connectivity index (χ0n) is 11.0. The van der Waals surface area contributed by atoms with Gasteiger partial charge in [0.15, 0.2) is 12.0 Å². The number of aldehydes is 1. The van der Waals surface area contributed by atoms with Gasteiger partial charge in [-0.3, -0.25) is 4.79 Å². The maximum absolute atomic E-state index is 11.1. The lowest BCUT2D eigenvalue weighted by Gasteiger charge is -2.08. The number of aryl methyl sites for hydroxylation is 1. The molecule has 0 atom stereocenters. The highest BCUT2D eigenvalue weighted by molar-refractivity contribution is 7.13. The molecule has 2 heterocycles. The summed E-state index contributed by atoms with van der Waals surface area (Å²) in [5.41, 5.74) is 3.56. The Kier molecular flexibility index (Phi) is 3.43. The van der Waals surface area contributed by atoms with E-state index in [0.29, 0.717) is 12.2 Å². The monoisotopic (exact) mass is 283 g/mol. The van der Waals surface area contributed by atoms with Crippen molar-refractivity contribution in [2.45, 2.75) is 13.5 Å². The fourth-order valence-corrected chi connectivity index (χ4v) is 2.91. The third-order valence-electron chi connectivity index (χ3n) is 3.21. The van der Waals surface area contributed by atoms with E-state index in [1.54, 1.807) is 16.0 Å². The van der Waals surface area contributed by atoms with Crippen LogP contribution in [0.1, 0.15) is 21.6 Å². The molecule has 3 aromatic rings. The maximum atomic E-state index is 11.1. The second kappa shape index (κ2) is 5.38. The minimum absolute atomic E-state index is 0.390.